The van der Waals surface area contributed by atoms with E-state index >= 15 is 0 Å². The van der Waals surface area contributed by atoms with Gasteiger partial charge in [-0.2, -0.15) is 0 Å². The maximum absolute atomic E-state index is 4.85. The van der Waals surface area contributed by atoms with E-state index < -0.39 is 0 Å². The number of halogens is 1. The topological polar surface area (TPSA) is 29.9 Å². The first-order valence-corrected chi connectivity index (χ1v) is 8.15. The lowest BCUT2D eigenvalue weighted by Crippen LogP contribution is -2.37. The molecular formula is C16H22BrN3. The Kier molecular flexibility index (Phi) is 3.63. The molecule has 108 valence electrons. The molecule has 1 aromatic heterocycles. The second-order valence-corrected chi connectivity index (χ2v) is 7.60. The van der Waals surface area contributed by atoms with Crippen LogP contribution in [0.1, 0.15) is 45.5 Å². The lowest BCUT2D eigenvalue weighted by Gasteiger charge is -2.20. The number of nitrogens with zero attached hydrogens (tertiary/aromatic N) is 2. The maximum atomic E-state index is 4.85. The predicted molar refractivity (Wildman–Crippen MR) is 87.2 cm³/mol. The number of hydrogen-bond acceptors (Lipinski definition) is 2. The lowest BCUT2D eigenvalue weighted by molar-refractivity contribution is 0.425. The highest BCUT2D eigenvalue weighted by Gasteiger charge is 2.28. The first-order chi connectivity index (χ1) is 9.44. The van der Waals surface area contributed by atoms with Crippen LogP contribution in [0.3, 0.4) is 0 Å². The van der Waals surface area contributed by atoms with Crippen LogP contribution in [-0.2, 0) is 6.42 Å². The third-order valence-corrected chi connectivity index (χ3v) is 4.13. The molecule has 1 N–H and O–H groups in total. The first-order valence-electron chi connectivity index (χ1n) is 7.35. The van der Waals surface area contributed by atoms with Crippen molar-refractivity contribution in [2.75, 3.05) is 6.54 Å². The van der Waals surface area contributed by atoms with E-state index in [1.165, 1.54) is 24.2 Å². The summed E-state index contributed by atoms with van der Waals surface area (Å²) in [6, 6.07) is 7.09. The number of rotatable bonds is 4. The summed E-state index contributed by atoms with van der Waals surface area (Å²) in [5, 5.41) is 3.55. The van der Waals surface area contributed by atoms with Crippen molar-refractivity contribution in [1.29, 1.82) is 0 Å². The Labute approximate surface area is 128 Å². The molecule has 0 radical (unpaired) electrons. The maximum Gasteiger partial charge on any atom is 0.111 e. The van der Waals surface area contributed by atoms with Gasteiger partial charge in [-0.15, -0.1) is 0 Å². The van der Waals surface area contributed by atoms with Gasteiger partial charge in [-0.3, -0.25) is 0 Å². The van der Waals surface area contributed by atoms with Crippen molar-refractivity contribution in [3.8, 4) is 0 Å². The van der Waals surface area contributed by atoms with Gasteiger partial charge in [0.15, 0.2) is 0 Å². The average Bonchev–Trinajstić information content (AvgIpc) is 3.10. The van der Waals surface area contributed by atoms with Crippen molar-refractivity contribution < 1.29 is 0 Å². The van der Waals surface area contributed by atoms with Gasteiger partial charge in [0, 0.05) is 29.0 Å². The summed E-state index contributed by atoms with van der Waals surface area (Å²) in [6.07, 6.45) is 3.57. The van der Waals surface area contributed by atoms with Gasteiger partial charge in [-0.05, 0) is 51.8 Å². The number of nitrogens with one attached hydrogen (secondary N) is 1. The molecule has 1 heterocycles. The first kappa shape index (κ1) is 14.1. The van der Waals surface area contributed by atoms with Crippen LogP contribution in [0, 0.1) is 0 Å². The molecule has 0 unspecified atom stereocenters. The Balaban J connectivity index is 1.87. The molecule has 0 aliphatic heterocycles. The van der Waals surface area contributed by atoms with Crippen LogP contribution >= 0.6 is 15.9 Å². The summed E-state index contributed by atoms with van der Waals surface area (Å²) >= 11 is 3.54. The molecule has 2 aromatic rings. The van der Waals surface area contributed by atoms with E-state index in [0.717, 1.165) is 23.0 Å². The van der Waals surface area contributed by atoms with Crippen LogP contribution < -0.4 is 5.32 Å². The van der Waals surface area contributed by atoms with Crippen LogP contribution in [-0.4, -0.2) is 21.6 Å². The van der Waals surface area contributed by atoms with Gasteiger partial charge in [-0.25, -0.2) is 4.98 Å². The minimum Gasteiger partial charge on any atom is -0.325 e. The standard InChI is InChI=1S/C16H22BrN3/c1-16(2,3)18-9-8-15-19-13-10-11(17)4-7-14(13)20(15)12-5-6-12/h4,7,10,12,18H,5-6,8-9H2,1-3H3. The average molecular weight is 336 g/mol. The normalized spacial score (nSPS) is 16.0. The molecule has 20 heavy (non-hydrogen) atoms. The van der Waals surface area contributed by atoms with Gasteiger partial charge in [0.05, 0.1) is 11.0 Å². The molecule has 1 aromatic carbocycles. The summed E-state index contributed by atoms with van der Waals surface area (Å²) in [7, 11) is 0. The summed E-state index contributed by atoms with van der Waals surface area (Å²) < 4.78 is 3.55. The number of imidazole rings is 1. The largest absolute Gasteiger partial charge is 0.325 e. The van der Waals surface area contributed by atoms with Crippen molar-refractivity contribution in [2.24, 2.45) is 0 Å². The van der Waals surface area contributed by atoms with E-state index in [1.807, 2.05) is 0 Å². The Morgan fingerprint density at radius 3 is 2.75 bits per heavy atom. The molecule has 1 aliphatic rings. The van der Waals surface area contributed by atoms with Crippen molar-refractivity contribution in [1.82, 2.24) is 14.9 Å². The van der Waals surface area contributed by atoms with Crippen LogP contribution in [0.15, 0.2) is 22.7 Å². The summed E-state index contributed by atoms with van der Waals surface area (Å²) in [6.45, 7) is 7.58. The SMILES string of the molecule is CC(C)(C)NCCc1nc2cc(Br)ccc2n1C1CC1. The highest BCUT2D eigenvalue weighted by Crippen LogP contribution is 2.39. The van der Waals surface area contributed by atoms with E-state index in [9.17, 15) is 0 Å². The molecule has 0 bridgehead atoms. The highest BCUT2D eigenvalue weighted by molar-refractivity contribution is 9.10. The molecule has 1 fully saturated rings. The van der Waals surface area contributed by atoms with E-state index in [4.69, 9.17) is 4.98 Å². The quantitative estimate of drug-likeness (QED) is 0.912. The molecule has 0 saturated heterocycles. The zero-order valence-corrected chi connectivity index (χ0v) is 14.0. The Morgan fingerprint density at radius 2 is 2.10 bits per heavy atom. The molecule has 3 nitrogen and oxygen atoms in total. The van der Waals surface area contributed by atoms with Crippen molar-refractivity contribution in [3.63, 3.8) is 0 Å². The lowest BCUT2D eigenvalue weighted by atomic mass is 10.1. The third kappa shape index (κ3) is 3.07. The molecular weight excluding hydrogens is 314 g/mol. The second kappa shape index (κ2) is 5.15. The van der Waals surface area contributed by atoms with Crippen LogP contribution in [0.2, 0.25) is 0 Å². The minimum atomic E-state index is 0.166. The fourth-order valence-corrected chi connectivity index (χ4v) is 2.94. The Bertz CT molecular complexity index is 620. The molecule has 0 spiro atoms. The fraction of sp³-hybridized carbons (Fsp3) is 0.562. The predicted octanol–water partition coefficient (Wildman–Crippen LogP) is 4.06. The van der Waals surface area contributed by atoms with Crippen LogP contribution in [0.5, 0.6) is 0 Å². The number of hydrogen-bond donors (Lipinski definition) is 1. The molecule has 3 rings (SSSR count). The molecule has 1 aliphatic carbocycles. The van der Waals surface area contributed by atoms with E-state index in [0.29, 0.717) is 6.04 Å². The van der Waals surface area contributed by atoms with Crippen molar-refractivity contribution >= 4 is 27.0 Å². The smallest absolute Gasteiger partial charge is 0.111 e. The second-order valence-electron chi connectivity index (χ2n) is 6.69. The minimum absolute atomic E-state index is 0.166. The zero-order chi connectivity index (χ0) is 14.3. The Morgan fingerprint density at radius 1 is 1.35 bits per heavy atom. The molecule has 0 amide bonds. The summed E-state index contributed by atoms with van der Waals surface area (Å²) in [5.74, 6) is 1.22. The van der Waals surface area contributed by atoms with Gasteiger partial charge < -0.3 is 9.88 Å². The van der Waals surface area contributed by atoms with Gasteiger partial charge in [0.25, 0.3) is 0 Å². The zero-order valence-electron chi connectivity index (χ0n) is 12.4. The van der Waals surface area contributed by atoms with E-state index in [-0.39, 0.29) is 5.54 Å². The molecule has 4 heteroatoms. The van der Waals surface area contributed by atoms with Gasteiger partial charge in [-0.1, -0.05) is 15.9 Å². The molecule has 1 saturated carbocycles. The third-order valence-electron chi connectivity index (χ3n) is 3.64. The van der Waals surface area contributed by atoms with E-state index in [1.54, 1.807) is 0 Å². The van der Waals surface area contributed by atoms with Crippen LogP contribution in [0.25, 0.3) is 11.0 Å². The number of benzene rings is 1. The van der Waals surface area contributed by atoms with Crippen LogP contribution in [0.4, 0.5) is 0 Å². The molecule has 0 atom stereocenters. The monoisotopic (exact) mass is 335 g/mol. The van der Waals surface area contributed by atoms with E-state index in [2.05, 4.69) is 64.8 Å². The van der Waals surface area contributed by atoms with Gasteiger partial charge in [0.2, 0.25) is 0 Å². The fourth-order valence-electron chi connectivity index (χ4n) is 2.59. The number of aromatic nitrogens is 2. The van der Waals surface area contributed by atoms with Gasteiger partial charge >= 0.3 is 0 Å². The van der Waals surface area contributed by atoms with Crippen molar-refractivity contribution in [2.45, 2.75) is 51.6 Å². The van der Waals surface area contributed by atoms with Crippen molar-refractivity contribution in [3.05, 3.63) is 28.5 Å². The summed E-state index contributed by atoms with van der Waals surface area (Å²) in [5.41, 5.74) is 2.55. The van der Waals surface area contributed by atoms with Gasteiger partial charge in [0.1, 0.15) is 5.82 Å². The Hall–Kier alpha value is -0.870. The summed E-state index contributed by atoms with van der Waals surface area (Å²) in [4.78, 5) is 4.85. The highest BCUT2D eigenvalue weighted by atomic mass is 79.9. The number of fused-ring (bicyclic) bond motifs is 1.